The second-order valence-corrected chi connectivity index (χ2v) is 6.97. The largest absolute Gasteiger partial charge is 0.504 e. The van der Waals surface area contributed by atoms with Crippen molar-refractivity contribution in [1.29, 1.82) is 0 Å². The van der Waals surface area contributed by atoms with Crippen molar-refractivity contribution in [3.8, 4) is 11.5 Å². The van der Waals surface area contributed by atoms with Crippen LogP contribution in [0.4, 0.5) is 5.69 Å². The molecule has 0 aliphatic heterocycles. The van der Waals surface area contributed by atoms with Crippen molar-refractivity contribution in [2.45, 2.75) is 13.8 Å². The van der Waals surface area contributed by atoms with E-state index in [0.717, 1.165) is 5.56 Å². The van der Waals surface area contributed by atoms with Gasteiger partial charge in [-0.15, -0.1) is 0 Å². The molecule has 0 fully saturated rings. The van der Waals surface area contributed by atoms with E-state index in [1.165, 1.54) is 6.21 Å². The lowest BCUT2D eigenvalue weighted by molar-refractivity contribution is -0.136. The third-order valence-corrected chi connectivity index (χ3v) is 4.60. The quantitative estimate of drug-likeness (QED) is 0.253. The average Bonchev–Trinajstić information content (AvgIpc) is 2.62. The fourth-order valence-electron chi connectivity index (χ4n) is 2.01. The van der Waals surface area contributed by atoms with Gasteiger partial charge in [-0.25, -0.2) is 5.43 Å². The van der Waals surface area contributed by atoms with Gasteiger partial charge in [0.1, 0.15) is 0 Å². The van der Waals surface area contributed by atoms with Gasteiger partial charge in [0, 0.05) is 10.7 Å². The van der Waals surface area contributed by atoms with E-state index in [0.29, 0.717) is 32.2 Å². The molecule has 0 saturated carbocycles. The Morgan fingerprint density at radius 3 is 2.70 bits per heavy atom. The second-order valence-electron chi connectivity index (χ2n) is 5.40. The highest BCUT2D eigenvalue weighted by Gasteiger charge is 2.13. The number of phenolic OH excluding ortho intramolecular Hbond substituents is 1. The van der Waals surface area contributed by atoms with E-state index in [2.05, 4.69) is 15.8 Å². The van der Waals surface area contributed by atoms with Crippen molar-refractivity contribution in [1.82, 2.24) is 5.43 Å². The van der Waals surface area contributed by atoms with E-state index in [9.17, 15) is 14.7 Å². The van der Waals surface area contributed by atoms with Gasteiger partial charge in [0.05, 0.1) is 16.4 Å². The maximum absolute atomic E-state index is 11.9. The molecule has 0 bridgehead atoms. The maximum atomic E-state index is 11.9. The number of aryl methyl sites for hydroxylation is 1. The Bertz CT molecular complexity index is 902. The Morgan fingerprint density at radius 1 is 1.30 bits per heavy atom. The van der Waals surface area contributed by atoms with E-state index in [4.69, 9.17) is 16.3 Å². The number of carbonyl (C=O) groups is 2. The number of hydrogen-bond donors (Lipinski definition) is 3. The van der Waals surface area contributed by atoms with Crippen molar-refractivity contribution in [3.63, 3.8) is 0 Å². The Hall–Kier alpha value is -2.33. The molecule has 2 amide bonds. The molecule has 0 unspecified atom stereocenters. The summed E-state index contributed by atoms with van der Waals surface area (Å²) in [7, 11) is 0. The van der Waals surface area contributed by atoms with Crippen LogP contribution in [0.2, 0.25) is 5.02 Å². The number of ether oxygens (including phenoxy) is 1. The Morgan fingerprint density at radius 2 is 2.04 bits per heavy atom. The summed E-state index contributed by atoms with van der Waals surface area (Å²) in [6.07, 6.45) is 1.35. The van der Waals surface area contributed by atoms with Crippen molar-refractivity contribution in [2.24, 2.45) is 5.10 Å². The van der Waals surface area contributed by atoms with Gasteiger partial charge in [-0.05, 0) is 71.8 Å². The van der Waals surface area contributed by atoms with Gasteiger partial charge in [0.25, 0.3) is 0 Å². The summed E-state index contributed by atoms with van der Waals surface area (Å²) >= 11 is 7.94. The lowest BCUT2D eigenvalue weighted by Crippen LogP contribution is -2.32. The molecule has 0 spiro atoms. The van der Waals surface area contributed by atoms with Crippen LogP contribution < -0.4 is 15.5 Å². The van der Waals surface area contributed by atoms with Crippen molar-refractivity contribution in [3.05, 3.63) is 50.1 Å². The van der Waals surface area contributed by atoms with Gasteiger partial charge in [-0.2, -0.15) is 5.10 Å². The number of rotatable bonds is 5. The van der Waals surface area contributed by atoms with Crippen LogP contribution in [0, 0.1) is 10.5 Å². The van der Waals surface area contributed by atoms with E-state index >= 15 is 0 Å². The SMILES string of the molecule is CCOc1cc(/C=N\NC(=O)C(=O)Nc2ccc(C)c(Cl)c2)cc(I)c1O. The number of nitrogens with one attached hydrogen (secondary N) is 2. The van der Waals surface area contributed by atoms with Gasteiger partial charge in [0.2, 0.25) is 0 Å². The van der Waals surface area contributed by atoms with Crippen LogP contribution in [0.1, 0.15) is 18.1 Å². The molecule has 0 atom stereocenters. The molecule has 2 aromatic rings. The molecule has 0 radical (unpaired) electrons. The van der Waals surface area contributed by atoms with Crippen molar-refractivity contribution < 1.29 is 19.4 Å². The molecule has 3 N–H and O–H groups in total. The number of hydrogen-bond acceptors (Lipinski definition) is 5. The first-order chi connectivity index (χ1) is 12.8. The summed E-state index contributed by atoms with van der Waals surface area (Å²) in [5.74, 6) is -1.45. The van der Waals surface area contributed by atoms with Crippen LogP contribution in [-0.4, -0.2) is 29.7 Å². The normalized spacial score (nSPS) is 10.7. The summed E-state index contributed by atoms with van der Waals surface area (Å²) in [6.45, 7) is 4.02. The molecule has 0 aliphatic rings. The number of anilines is 1. The lowest BCUT2D eigenvalue weighted by Gasteiger charge is -2.08. The van der Waals surface area contributed by atoms with Gasteiger partial charge < -0.3 is 15.2 Å². The van der Waals surface area contributed by atoms with Crippen LogP contribution in [-0.2, 0) is 9.59 Å². The number of nitrogens with zero attached hydrogens (tertiary/aromatic N) is 1. The van der Waals surface area contributed by atoms with E-state index < -0.39 is 11.8 Å². The summed E-state index contributed by atoms with van der Waals surface area (Å²) < 4.78 is 5.90. The first kappa shape index (κ1) is 21.0. The zero-order chi connectivity index (χ0) is 20.0. The number of aromatic hydroxyl groups is 1. The molecular weight excluding hydrogens is 485 g/mol. The summed E-state index contributed by atoms with van der Waals surface area (Å²) in [4.78, 5) is 23.7. The molecule has 0 heterocycles. The number of carbonyl (C=O) groups excluding carboxylic acids is 2. The number of halogens is 2. The first-order valence-corrected chi connectivity index (χ1v) is 9.33. The van der Waals surface area contributed by atoms with Gasteiger partial charge in [0.15, 0.2) is 11.5 Å². The third-order valence-electron chi connectivity index (χ3n) is 3.37. The minimum atomic E-state index is -0.929. The molecule has 142 valence electrons. The van der Waals surface area contributed by atoms with E-state index in [1.54, 1.807) is 37.3 Å². The molecule has 27 heavy (non-hydrogen) atoms. The van der Waals surface area contributed by atoms with Gasteiger partial charge >= 0.3 is 11.8 Å². The topological polar surface area (TPSA) is 100 Å². The van der Waals surface area contributed by atoms with Gasteiger partial charge in [-0.1, -0.05) is 17.7 Å². The molecule has 2 rings (SSSR count). The fraction of sp³-hybridized carbons (Fsp3) is 0.167. The highest BCUT2D eigenvalue weighted by Crippen LogP contribution is 2.32. The number of phenols is 1. The Kier molecular flexibility index (Phi) is 7.43. The summed E-state index contributed by atoms with van der Waals surface area (Å²) in [6, 6.07) is 8.16. The predicted octanol–water partition coefficient (Wildman–Crippen LogP) is 3.45. The average molecular weight is 502 g/mol. The smallest absolute Gasteiger partial charge is 0.329 e. The molecule has 7 nitrogen and oxygen atoms in total. The molecule has 0 aromatic heterocycles. The van der Waals surface area contributed by atoms with E-state index in [1.807, 2.05) is 29.5 Å². The highest BCUT2D eigenvalue weighted by atomic mass is 127. The van der Waals surface area contributed by atoms with Crippen LogP contribution >= 0.6 is 34.2 Å². The van der Waals surface area contributed by atoms with Crippen LogP contribution in [0.5, 0.6) is 11.5 Å². The monoisotopic (exact) mass is 501 g/mol. The van der Waals surface area contributed by atoms with Gasteiger partial charge in [-0.3, -0.25) is 9.59 Å². The molecule has 0 aliphatic carbocycles. The predicted molar refractivity (Wildman–Crippen MR) is 113 cm³/mol. The Labute approximate surface area is 174 Å². The highest BCUT2D eigenvalue weighted by molar-refractivity contribution is 14.1. The number of benzene rings is 2. The fourth-order valence-corrected chi connectivity index (χ4v) is 2.81. The first-order valence-electron chi connectivity index (χ1n) is 7.87. The number of hydrazone groups is 1. The standard InChI is InChI=1S/C18H17ClIN3O4/c1-3-27-15-7-11(6-14(20)16(15)24)9-21-23-18(26)17(25)22-12-5-4-10(2)13(19)8-12/h4-9,24H,3H2,1-2H3,(H,22,25)(H,23,26)/b21-9-. The van der Waals surface area contributed by atoms with E-state index in [-0.39, 0.29) is 5.75 Å². The van der Waals surface area contributed by atoms with Crippen LogP contribution in [0.3, 0.4) is 0 Å². The van der Waals surface area contributed by atoms with Crippen LogP contribution in [0.25, 0.3) is 0 Å². The minimum absolute atomic E-state index is 0.0368. The third kappa shape index (κ3) is 5.83. The zero-order valence-corrected chi connectivity index (χ0v) is 17.5. The molecule has 9 heteroatoms. The molecular formula is C18H17ClIN3O4. The maximum Gasteiger partial charge on any atom is 0.329 e. The summed E-state index contributed by atoms with van der Waals surface area (Å²) in [5.41, 5.74) is 4.00. The second kappa shape index (κ2) is 9.56. The number of amides is 2. The summed E-state index contributed by atoms with van der Waals surface area (Å²) in [5, 5.41) is 16.6. The van der Waals surface area contributed by atoms with Crippen LogP contribution in [0.15, 0.2) is 35.4 Å². The molecule has 0 saturated heterocycles. The Balaban J connectivity index is 1.99. The van der Waals surface area contributed by atoms with Crippen molar-refractivity contribution >= 4 is 57.9 Å². The molecule has 2 aromatic carbocycles. The van der Waals surface area contributed by atoms with Crippen molar-refractivity contribution in [2.75, 3.05) is 11.9 Å². The zero-order valence-electron chi connectivity index (χ0n) is 14.5. The lowest BCUT2D eigenvalue weighted by atomic mass is 10.2. The minimum Gasteiger partial charge on any atom is -0.504 e.